The van der Waals surface area contributed by atoms with Gasteiger partial charge in [-0.05, 0) is 19.1 Å². The Morgan fingerprint density at radius 1 is 1.16 bits per heavy atom. The zero-order valence-corrected chi connectivity index (χ0v) is 11.1. The molecule has 2 aromatic rings. The molecule has 0 unspecified atom stereocenters. The average molecular weight is 259 g/mol. The van der Waals surface area contributed by atoms with Crippen LogP contribution in [0.5, 0.6) is 5.75 Å². The van der Waals surface area contributed by atoms with Gasteiger partial charge in [-0.2, -0.15) is 0 Å². The van der Waals surface area contributed by atoms with E-state index in [0.717, 1.165) is 22.6 Å². The summed E-state index contributed by atoms with van der Waals surface area (Å²) in [6, 6.07) is 7.72. The monoisotopic (exact) mass is 259 g/mol. The number of anilines is 1. The van der Waals surface area contributed by atoms with Gasteiger partial charge in [-0.1, -0.05) is 12.1 Å². The first kappa shape index (κ1) is 13.3. The molecule has 100 valence electrons. The molecule has 0 fully saturated rings. The Balaban J connectivity index is 2.36. The standard InChI is InChI=1S/C14H17N3O2/c1-10-13(16-9-17-14(10)15)11-5-3-4-6-12(11)19-8-7-18-2/h3-6,9H,7-8H2,1-2H3,(H2,15,16,17). The van der Waals surface area contributed by atoms with E-state index in [1.165, 1.54) is 6.33 Å². The summed E-state index contributed by atoms with van der Waals surface area (Å²) < 4.78 is 10.7. The fourth-order valence-corrected chi connectivity index (χ4v) is 1.76. The van der Waals surface area contributed by atoms with E-state index in [4.69, 9.17) is 15.2 Å². The second kappa shape index (κ2) is 6.15. The molecule has 1 aromatic heterocycles. The maximum absolute atomic E-state index is 5.82. The first-order chi connectivity index (χ1) is 9.24. The van der Waals surface area contributed by atoms with Gasteiger partial charge < -0.3 is 15.2 Å². The Morgan fingerprint density at radius 3 is 2.74 bits per heavy atom. The number of rotatable bonds is 5. The Morgan fingerprint density at radius 2 is 1.95 bits per heavy atom. The van der Waals surface area contributed by atoms with Crippen LogP contribution in [0.25, 0.3) is 11.3 Å². The van der Waals surface area contributed by atoms with Gasteiger partial charge in [0.1, 0.15) is 24.5 Å². The second-order valence-electron chi connectivity index (χ2n) is 4.07. The molecular weight excluding hydrogens is 242 g/mol. The normalized spacial score (nSPS) is 10.4. The summed E-state index contributed by atoms with van der Waals surface area (Å²) in [6.45, 7) is 2.93. The molecule has 0 radical (unpaired) electrons. The van der Waals surface area contributed by atoms with Crippen molar-refractivity contribution >= 4 is 5.82 Å². The molecule has 0 spiro atoms. The van der Waals surface area contributed by atoms with Gasteiger partial charge in [-0.3, -0.25) is 0 Å². The van der Waals surface area contributed by atoms with Crippen LogP contribution in [0.2, 0.25) is 0 Å². The van der Waals surface area contributed by atoms with Gasteiger partial charge in [0.2, 0.25) is 0 Å². The second-order valence-corrected chi connectivity index (χ2v) is 4.07. The smallest absolute Gasteiger partial charge is 0.130 e. The van der Waals surface area contributed by atoms with Crippen LogP contribution in [-0.2, 0) is 4.74 Å². The Kier molecular flexibility index (Phi) is 4.30. The van der Waals surface area contributed by atoms with Gasteiger partial charge in [0.05, 0.1) is 12.3 Å². The first-order valence-electron chi connectivity index (χ1n) is 6.02. The van der Waals surface area contributed by atoms with E-state index >= 15 is 0 Å². The van der Waals surface area contributed by atoms with Gasteiger partial charge in [0.25, 0.3) is 0 Å². The largest absolute Gasteiger partial charge is 0.490 e. The van der Waals surface area contributed by atoms with E-state index in [2.05, 4.69) is 9.97 Å². The van der Waals surface area contributed by atoms with Gasteiger partial charge in [-0.15, -0.1) is 0 Å². The highest BCUT2D eigenvalue weighted by Gasteiger charge is 2.11. The lowest BCUT2D eigenvalue weighted by Crippen LogP contribution is -2.06. The molecule has 0 bridgehead atoms. The van der Waals surface area contributed by atoms with Gasteiger partial charge in [0.15, 0.2) is 0 Å². The lowest BCUT2D eigenvalue weighted by molar-refractivity contribution is 0.146. The summed E-state index contributed by atoms with van der Waals surface area (Å²) in [6.07, 6.45) is 1.46. The highest BCUT2D eigenvalue weighted by atomic mass is 16.5. The van der Waals surface area contributed by atoms with Crippen LogP contribution in [-0.4, -0.2) is 30.3 Å². The molecule has 0 aliphatic rings. The number of para-hydroxylation sites is 1. The predicted octanol–water partition coefficient (Wildman–Crippen LogP) is 2.06. The van der Waals surface area contributed by atoms with Gasteiger partial charge in [-0.25, -0.2) is 9.97 Å². The van der Waals surface area contributed by atoms with Crippen molar-refractivity contribution in [2.75, 3.05) is 26.1 Å². The van der Waals surface area contributed by atoms with Crippen LogP contribution in [0.3, 0.4) is 0 Å². The zero-order chi connectivity index (χ0) is 13.7. The molecule has 0 aliphatic heterocycles. The summed E-state index contributed by atoms with van der Waals surface area (Å²) >= 11 is 0. The minimum absolute atomic E-state index is 0.483. The number of nitrogens with two attached hydrogens (primary N) is 1. The number of benzene rings is 1. The molecule has 5 heteroatoms. The van der Waals surface area contributed by atoms with Crippen molar-refractivity contribution in [1.29, 1.82) is 0 Å². The summed E-state index contributed by atoms with van der Waals surface area (Å²) in [5, 5.41) is 0. The van der Waals surface area contributed by atoms with Crippen LogP contribution < -0.4 is 10.5 Å². The third-order valence-corrected chi connectivity index (χ3v) is 2.81. The van der Waals surface area contributed by atoms with E-state index < -0.39 is 0 Å². The molecule has 0 aliphatic carbocycles. The van der Waals surface area contributed by atoms with Crippen molar-refractivity contribution in [3.05, 3.63) is 36.2 Å². The van der Waals surface area contributed by atoms with Crippen molar-refractivity contribution in [1.82, 2.24) is 9.97 Å². The van der Waals surface area contributed by atoms with E-state index in [1.807, 2.05) is 31.2 Å². The number of methoxy groups -OCH3 is 1. The average Bonchev–Trinajstić information content (AvgIpc) is 2.43. The topological polar surface area (TPSA) is 70.3 Å². The number of hydrogen-bond donors (Lipinski definition) is 1. The van der Waals surface area contributed by atoms with Crippen LogP contribution in [0.15, 0.2) is 30.6 Å². The molecule has 2 rings (SSSR count). The minimum atomic E-state index is 0.483. The summed E-state index contributed by atoms with van der Waals surface area (Å²) in [4.78, 5) is 8.27. The van der Waals surface area contributed by atoms with Crippen LogP contribution >= 0.6 is 0 Å². The molecule has 1 heterocycles. The summed E-state index contributed by atoms with van der Waals surface area (Å²) in [5.74, 6) is 1.25. The predicted molar refractivity (Wildman–Crippen MR) is 74.0 cm³/mol. The number of nitrogen functional groups attached to an aromatic ring is 1. The fourth-order valence-electron chi connectivity index (χ4n) is 1.76. The molecule has 0 atom stereocenters. The van der Waals surface area contributed by atoms with Crippen molar-refractivity contribution in [3.63, 3.8) is 0 Å². The SMILES string of the molecule is COCCOc1ccccc1-c1ncnc(N)c1C. The van der Waals surface area contributed by atoms with E-state index in [-0.39, 0.29) is 0 Å². The third-order valence-electron chi connectivity index (χ3n) is 2.81. The summed E-state index contributed by atoms with van der Waals surface area (Å²) in [5.41, 5.74) is 8.37. The molecule has 19 heavy (non-hydrogen) atoms. The van der Waals surface area contributed by atoms with E-state index in [9.17, 15) is 0 Å². The Hall–Kier alpha value is -2.14. The highest BCUT2D eigenvalue weighted by Crippen LogP contribution is 2.31. The maximum atomic E-state index is 5.82. The van der Waals surface area contributed by atoms with Crippen molar-refractivity contribution < 1.29 is 9.47 Å². The molecule has 2 N–H and O–H groups in total. The maximum Gasteiger partial charge on any atom is 0.130 e. The quantitative estimate of drug-likeness (QED) is 0.832. The first-order valence-corrected chi connectivity index (χ1v) is 6.02. The molecule has 1 aromatic carbocycles. The number of nitrogens with zero attached hydrogens (tertiary/aromatic N) is 2. The van der Waals surface area contributed by atoms with E-state index in [1.54, 1.807) is 7.11 Å². The summed E-state index contributed by atoms with van der Waals surface area (Å²) in [7, 11) is 1.64. The van der Waals surface area contributed by atoms with Crippen LogP contribution in [0.1, 0.15) is 5.56 Å². The molecule has 5 nitrogen and oxygen atoms in total. The minimum Gasteiger partial charge on any atom is -0.490 e. The van der Waals surface area contributed by atoms with Crippen LogP contribution in [0, 0.1) is 6.92 Å². The van der Waals surface area contributed by atoms with E-state index in [0.29, 0.717) is 19.0 Å². The Bertz CT molecular complexity index is 558. The van der Waals surface area contributed by atoms with Crippen LogP contribution in [0.4, 0.5) is 5.82 Å². The fraction of sp³-hybridized carbons (Fsp3) is 0.286. The van der Waals surface area contributed by atoms with Crippen molar-refractivity contribution in [3.8, 4) is 17.0 Å². The number of hydrogen-bond acceptors (Lipinski definition) is 5. The molecule has 0 saturated carbocycles. The Labute approximate surface area is 112 Å². The van der Waals surface area contributed by atoms with Gasteiger partial charge in [0, 0.05) is 18.2 Å². The zero-order valence-electron chi connectivity index (χ0n) is 11.1. The molecular formula is C14H17N3O2. The third kappa shape index (κ3) is 3.00. The molecule has 0 amide bonds. The van der Waals surface area contributed by atoms with Gasteiger partial charge >= 0.3 is 0 Å². The highest BCUT2D eigenvalue weighted by molar-refractivity contribution is 5.72. The molecule has 0 saturated heterocycles. The lowest BCUT2D eigenvalue weighted by Gasteiger charge is -2.12. The van der Waals surface area contributed by atoms with Crippen molar-refractivity contribution in [2.45, 2.75) is 6.92 Å². The van der Waals surface area contributed by atoms with Crippen molar-refractivity contribution in [2.24, 2.45) is 0 Å². The number of aromatic nitrogens is 2. The lowest BCUT2D eigenvalue weighted by atomic mass is 10.1. The number of ether oxygens (including phenoxy) is 2.